The topological polar surface area (TPSA) is 66.5 Å². The van der Waals surface area contributed by atoms with Crippen molar-refractivity contribution < 1.29 is 26.4 Å². The van der Waals surface area contributed by atoms with Crippen molar-refractivity contribution in [1.29, 1.82) is 0 Å². The maximum atomic E-state index is 13.6. The monoisotopic (exact) mass is 538 g/mol. The maximum absolute atomic E-state index is 13.6. The molecule has 1 N–H and O–H groups in total. The smallest absolute Gasteiger partial charge is 0.344 e. The molecule has 0 fully saturated rings. The van der Waals surface area contributed by atoms with Crippen LogP contribution in [-0.4, -0.2) is 20.9 Å². The van der Waals surface area contributed by atoms with Gasteiger partial charge in [0.25, 0.3) is 10.0 Å². The molecular weight excluding hydrogens is 513 g/mol. The summed E-state index contributed by atoms with van der Waals surface area (Å²) in [6.07, 6.45) is -4.69. The Morgan fingerprint density at radius 2 is 1.39 bits per heavy atom. The number of alkyl halides is 3. The molecule has 5 nitrogen and oxygen atoms in total. The summed E-state index contributed by atoms with van der Waals surface area (Å²) in [7, 11) is -4.38. The molecule has 0 saturated carbocycles. The third kappa shape index (κ3) is 6.23. The molecule has 0 heterocycles. The molecule has 1 amide bonds. The first-order chi connectivity index (χ1) is 18.1. The summed E-state index contributed by atoms with van der Waals surface area (Å²) in [5.74, 6) is -0.684. The van der Waals surface area contributed by atoms with Gasteiger partial charge in [0.2, 0.25) is 5.91 Å². The summed E-state index contributed by atoms with van der Waals surface area (Å²) in [6.45, 7) is 1.20. The van der Waals surface area contributed by atoms with Crippen LogP contribution in [0.2, 0.25) is 0 Å². The minimum Gasteiger partial charge on any atom is -0.344 e. The molecule has 4 aromatic carbocycles. The van der Waals surface area contributed by atoms with E-state index in [-0.39, 0.29) is 10.6 Å². The largest absolute Gasteiger partial charge is 0.416 e. The summed E-state index contributed by atoms with van der Waals surface area (Å²) in [4.78, 5) is 13.2. The number of rotatable bonds is 8. The molecule has 4 rings (SSSR count). The van der Waals surface area contributed by atoms with Crippen molar-refractivity contribution in [2.24, 2.45) is 0 Å². The number of benzene rings is 4. The summed E-state index contributed by atoms with van der Waals surface area (Å²) in [5.41, 5.74) is 1.26. The molecule has 0 saturated heterocycles. The highest BCUT2D eigenvalue weighted by Crippen LogP contribution is 2.33. The Labute approximate surface area is 219 Å². The van der Waals surface area contributed by atoms with Crippen LogP contribution in [0.1, 0.15) is 28.3 Å². The number of aryl methyl sites for hydroxylation is 1. The van der Waals surface area contributed by atoms with Crippen LogP contribution in [0, 0.1) is 6.92 Å². The Hall–Kier alpha value is -4.11. The van der Waals surface area contributed by atoms with Crippen LogP contribution >= 0.6 is 0 Å². The zero-order valence-corrected chi connectivity index (χ0v) is 21.2. The van der Waals surface area contributed by atoms with Crippen molar-refractivity contribution in [2.75, 3.05) is 10.8 Å². The van der Waals surface area contributed by atoms with Gasteiger partial charge >= 0.3 is 6.18 Å². The molecule has 1 atom stereocenters. The molecule has 0 spiro atoms. The van der Waals surface area contributed by atoms with E-state index in [1.54, 1.807) is 6.07 Å². The molecule has 9 heteroatoms. The van der Waals surface area contributed by atoms with Crippen LogP contribution in [0.4, 0.5) is 18.9 Å². The zero-order valence-electron chi connectivity index (χ0n) is 20.4. The summed E-state index contributed by atoms with van der Waals surface area (Å²) in [5, 5.41) is 2.87. The molecule has 0 aliphatic rings. The van der Waals surface area contributed by atoms with E-state index in [2.05, 4.69) is 5.32 Å². The number of carbonyl (C=O) groups excluding carboxylic acids is 1. The van der Waals surface area contributed by atoms with Gasteiger partial charge in [0.1, 0.15) is 6.54 Å². The van der Waals surface area contributed by atoms with Crippen molar-refractivity contribution >= 4 is 21.6 Å². The Kier molecular flexibility index (Phi) is 7.87. The van der Waals surface area contributed by atoms with E-state index in [9.17, 15) is 26.4 Å². The fourth-order valence-corrected chi connectivity index (χ4v) is 5.41. The van der Waals surface area contributed by atoms with Crippen LogP contribution < -0.4 is 9.62 Å². The molecule has 0 aromatic heterocycles. The summed E-state index contributed by atoms with van der Waals surface area (Å²) >= 11 is 0. The number of carbonyl (C=O) groups is 1. The van der Waals surface area contributed by atoms with Gasteiger partial charge in [-0.2, -0.15) is 13.2 Å². The van der Waals surface area contributed by atoms with Gasteiger partial charge in [-0.3, -0.25) is 9.10 Å². The number of hydrogen-bond donors (Lipinski definition) is 1. The van der Waals surface area contributed by atoms with Gasteiger partial charge in [-0.1, -0.05) is 84.4 Å². The van der Waals surface area contributed by atoms with Crippen molar-refractivity contribution in [3.8, 4) is 0 Å². The van der Waals surface area contributed by atoms with E-state index in [1.807, 2.05) is 61.5 Å². The third-order valence-corrected chi connectivity index (χ3v) is 7.72. The lowest BCUT2D eigenvalue weighted by Gasteiger charge is -2.26. The number of nitrogens with zero attached hydrogens (tertiary/aromatic N) is 1. The molecule has 0 aliphatic heterocycles. The van der Waals surface area contributed by atoms with E-state index in [4.69, 9.17) is 0 Å². The number of amides is 1. The Balaban J connectivity index is 1.72. The summed E-state index contributed by atoms with van der Waals surface area (Å²) in [6, 6.07) is 27.2. The molecule has 0 radical (unpaired) electrons. The highest BCUT2D eigenvalue weighted by atomic mass is 32.2. The van der Waals surface area contributed by atoms with Crippen LogP contribution in [0.3, 0.4) is 0 Å². The fraction of sp³-hybridized carbons (Fsp3) is 0.138. The first kappa shape index (κ1) is 26.9. The van der Waals surface area contributed by atoms with Gasteiger partial charge in [-0.25, -0.2) is 8.42 Å². The average molecular weight is 539 g/mol. The Morgan fingerprint density at radius 3 is 2.00 bits per heavy atom. The summed E-state index contributed by atoms with van der Waals surface area (Å²) < 4.78 is 68.1. The van der Waals surface area contributed by atoms with Crippen molar-refractivity contribution in [2.45, 2.75) is 24.0 Å². The highest BCUT2D eigenvalue weighted by Gasteiger charge is 2.33. The van der Waals surface area contributed by atoms with Crippen LogP contribution in [0.25, 0.3) is 0 Å². The minimum atomic E-state index is -4.69. The second-order valence-corrected chi connectivity index (χ2v) is 10.6. The fourth-order valence-electron chi connectivity index (χ4n) is 3.97. The van der Waals surface area contributed by atoms with Crippen LogP contribution in [-0.2, 0) is 21.0 Å². The maximum Gasteiger partial charge on any atom is 0.416 e. The second kappa shape index (κ2) is 11.1. The zero-order chi connectivity index (χ0) is 27.3. The first-order valence-electron chi connectivity index (χ1n) is 11.7. The Bertz CT molecular complexity index is 1490. The molecule has 4 aromatic rings. The minimum absolute atomic E-state index is 0.150. The molecule has 196 valence electrons. The molecule has 0 unspecified atom stereocenters. The second-order valence-electron chi connectivity index (χ2n) is 8.69. The van der Waals surface area contributed by atoms with Crippen LogP contribution in [0.15, 0.2) is 114 Å². The average Bonchev–Trinajstić information content (AvgIpc) is 2.91. The number of hydrogen-bond acceptors (Lipinski definition) is 3. The van der Waals surface area contributed by atoms with E-state index >= 15 is 0 Å². The Morgan fingerprint density at radius 1 is 0.816 bits per heavy atom. The van der Waals surface area contributed by atoms with Crippen LogP contribution in [0.5, 0.6) is 0 Å². The van der Waals surface area contributed by atoms with E-state index in [1.165, 1.54) is 30.3 Å². The normalized spacial score (nSPS) is 12.5. The predicted octanol–water partition coefficient (Wildman–Crippen LogP) is 6.11. The van der Waals surface area contributed by atoms with E-state index in [0.717, 1.165) is 34.9 Å². The quantitative estimate of drug-likeness (QED) is 0.294. The van der Waals surface area contributed by atoms with Gasteiger partial charge in [0.15, 0.2) is 0 Å². The van der Waals surface area contributed by atoms with E-state index in [0.29, 0.717) is 4.31 Å². The lowest BCUT2D eigenvalue weighted by Crippen LogP contribution is -2.42. The predicted molar refractivity (Wildman–Crippen MR) is 140 cm³/mol. The molecular formula is C29H25F3N2O3S. The van der Waals surface area contributed by atoms with Crippen molar-refractivity contribution in [3.63, 3.8) is 0 Å². The van der Waals surface area contributed by atoms with E-state index < -0.39 is 40.3 Å². The van der Waals surface area contributed by atoms with Gasteiger partial charge in [-0.05, 0) is 48.4 Å². The van der Waals surface area contributed by atoms with Gasteiger partial charge in [0.05, 0.1) is 22.2 Å². The lowest BCUT2D eigenvalue weighted by atomic mass is 9.98. The SMILES string of the molecule is Cc1ccc([C@@H](NC(=O)CN(c2cccc(C(F)(F)F)c2)S(=O)(=O)c2ccccc2)c2ccccc2)cc1. The molecule has 0 bridgehead atoms. The number of halogens is 3. The third-order valence-electron chi connectivity index (χ3n) is 5.93. The number of sulfonamides is 1. The molecule has 0 aliphatic carbocycles. The standard InChI is InChI=1S/C29H25F3N2O3S/c1-21-15-17-23(18-16-21)28(22-9-4-2-5-10-22)33-27(35)20-34(38(36,37)26-13-6-3-7-14-26)25-12-8-11-24(19-25)29(30,31)32/h2-19,28H,20H2,1H3,(H,33,35)/t28-/m0/s1. The van der Waals surface area contributed by atoms with Crippen molar-refractivity contribution in [1.82, 2.24) is 5.32 Å². The van der Waals surface area contributed by atoms with Gasteiger partial charge < -0.3 is 5.32 Å². The van der Waals surface area contributed by atoms with Gasteiger partial charge in [-0.15, -0.1) is 0 Å². The molecule has 38 heavy (non-hydrogen) atoms. The van der Waals surface area contributed by atoms with Crippen molar-refractivity contribution in [3.05, 3.63) is 131 Å². The lowest BCUT2D eigenvalue weighted by molar-refractivity contribution is -0.137. The van der Waals surface area contributed by atoms with Gasteiger partial charge in [0, 0.05) is 0 Å². The number of nitrogens with one attached hydrogen (secondary N) is 1. The highest BCUT2D eigenvalue weighted by molar-refractivity contribution is 7.92. The number of anilines is 1. The first-order valence-corrected chi connectivity index (χ1v) is 13.2.